The zero-order valence-electron chi connectivity index (χ0n) is 8.67. The number of alkyl halides is 1. The topological polar surface area (TPSA) is 9.23 Å². The second kappa shape index (κ2) is 4.63. The molecule has 2 unspecified atom stereocenters. The van der Waals surface area contributed by atoms with Gasteiger partial charge in [-0.05, 0) is 42.9 Å². The van der Waals surface area contributed by atoms with Crippen molar-refractivity contribution in [2.24, 2.45) is 0 Å². The Balaban J connectivity index is 2.21. The number of halogens is 2. The Morgan fingerprint density at radius 2 is 2.13 bits per heavy atom. The predicted octanol–water partition coefficient (Wildman–Crippen LogP) is 4.22. The van der Waals surface area contributed by atoms with Crippen molar-refractivity contribution in [1.82, 2.24) is 0 Å². The normalized spacial score (nSPS) is 25.5. The summed E-state index contributed by atoms with van der Waals surface area (Å²) in [6.07, 6.45) is 3.34. The van der Waals surface area contributed by atoms with Gasteiger partial charge >= 0.3 is 0 Å². The summed E-state index contributed by atoms with van der Waals surface area (Å²) in [5, 5.41) is 0.998. The maximum atomic E-state index is 6.10. The summed E-state index contributed by atoms with van der Waals surface area (Å²) < 4.78 is 5.21. The third-order valence-corrected chi connectivity index (χ3v) is 3.72. The Bertz CT molecular complexity index is 351. The standard InChI is InChI=1S/C12H14Cl2O/c1-15-12-7-9(3-5-11(12)14)8-2-4-10(13)6-8/h3,5,7-8,10H,2,4,6H2,1H3. The molecule has 1 nitrogen and oxygen atoms in total. The molecule has 2 rings (SSSR count). The van der Waals surface area contributed by atoms with Crippen LogP contribution in [0.2, 0.25) is 5.02 Å². The molecule has 0 spiro atoms. The first-order valence-electron chi connectivity index (χ1n) is 5.18. The smallest absolute Gasteiger partial charge is 0.137 e. The lowest BCUT2D eigenvalue weighted by molar-refractivity contribution is 0.414. The zero-order chi connectivity index (χ0) is 10.8. The summed E-state index contributed by atoms with van der Waals surface area (Å²) in [6.45, 7) is 0. The first kappa shape index (κ1) is 11.1. The summed E-state index contributed by atoms with van der Waals surface area (Å²) in [7, 11) is 1.64. The molecule has 1 aliphatic rings. The van der Waals surface area contributed by atoms with Gasteiger partial charge in [0, 0.05) is 5.38 Å². The molecule has 3 heteroatoms. The largest absolute Gasteiger partial charge is 0.495 e. The van der Waals surface area contributed by atoms with Crippen molar-refractivity contribution in [2.45, 2.75) is 30.6 Å². The zero-order valence-corrected chi connectivity index (χ0v) is 10.2. The number of ether oxygens (including phenoxy) is 1. The second-order valence-corrected chi connectivity index (χ2v) is 5.03. The average Bonchev–Trinajstić information content (AvgIpc) is 2.66. The molecule has 1 aromatic rings. The van der Waals surface area contributed by atoms with Gasteiger partial charge in [-0.1, -0.05) is 17.7 Å². The van der Waals surface area contributed by atoms with E-state index in [9.17, 15) is 0 Å². The van der Waals surface area contributed by atoms with E-state index in [4.69, 9.17) is 27.9 Å². The molecule has 0 heterocycles. The summed E-state index contributed by atoms with van der Waals surface area (Å²) in [4.78, 5) is 0. The molecule has 0 bridgehead atoms. The van der Waals surface area contributed by atoms with E-state index in [0.29, 0.717) is 16.3 Å². The van der Waals surface area contributed by atoms with Crippen LogP contribution < -0.4 is 4.74 Å². The highest BCUT2D eigenvalue weighted by Crippen LogP contribution is 2.39. The van der Waals surface area contributed by atoms with Gasteiger partial charge in [0.05, 0.1) is 12.1 Å². The molecule has 0 N–H and O–H groups in total. The third kappa shape index (κ3) is 2.40. The first-order valence-corrected chi connectivity index (χ1v) is 5.99. The maximum Gasteiger partial charge on any atom is 0.137 e. The number of benzene rings is 1. The van der Waals surface area contributed by atoms with Crippen molar-refractivity contribution >= 4 is 23.2 Å². The minimum Gasteiger partial charge on any atom is -0.495 e. The van der Waals surface area contributed by atoms with E-state index in [1.54, 1.807) is 7.11 Å². The van der Waals surface area contributed by atoms with Crippen molar-refractivity contribution < 1.29 is 4.74 Å². The molecule has 0 aromatic heterocycles. The molecule has 0 radical (unpaired) electrons. The van der Waals surface area contributed by atoms with Gasteiger partial charge in [0.25, 0.3) is 0 Å². The van der Waals surface area contributed by atoms with Crippen LogP contribution in [0.25, 0.3) is 0 Å². The molecule has 2 atom stereocenters. The molecule has 0 saturated heterocycles. The minimum absolute atomic E-state index is 0.330. The van der Waals surface area contributed by atoms with Gasteiger partial charge in [-0.15, -0.1) is 11.6 Å². The van der Waals surface area contributed by atoms with Crippen molar-refractivity contribution in [1.29, 1.82) is 0 Å². The van der Waals surface area contributed by atoms with Gasteiger partial charge in [0.15, 0.2) is 0 Å². The summed E-state index contributed by atoms with van der Waals surface area (Å²) in [5.74, 6) is 1.32. The number of hydrogen-bond donors (Lipinski definition) is 0. The SMILES string of the molecule is COc1cc(C2CCC(Cl)C2)ccc1Cl. The predicted molar refractivity (Wildman–Crippen MR) is 64.2 cm³/mol. The van der Waals surface area contributed by atoms with Crippen LogP contribution in [0.15, 0.2) is 18.2 Å². The van der Waals surface area contributed by atoms with Crippen LogP contribution in [0, 0.1) is 0 Å². The molecule has 82 valence electrons. The molecular formula is C12H14Cl2O. The van der Waals surface area contributed by atoms with Crippen molar-refractivity contribution in [3.05, 3.63) is 28.8 Å². The molecular weight excluding hydrogens is 231 g/mol. The van der Waals surface area contributed by atoms with E-state index >= 15 is 0 Å². The van der Waals surface area contributed by atoms with Gasteiger partial charge < -0.3 is 4.74 Å². The van der Waals surface area contributed by atoms with Gasteiger partial charge in [-0.2, -0.15) is 0 Å². The van der Waals surface area contributed by atoms with Crippen molar-refractivity contribution in [3.63, 3.8) is 0 Å². The molecule has 1 fully saturated rings. The summed E-state index contributed by atoms with van der Waals surface area (Å²) in [6, 6.07) is 6.00. The van der Waals surface area contributed by atoms with Crippen LogP contribution >= 0.6 is 23.2 Å². The average molecular weight is 245 g/mol. The Morgan fingerprint density at radius 3 is 2.73 bits per heavy atom. The van der Waals surface area contributed by atoms with Crippen LogP contribution in [-0.2, 0) is 0 Å². The van der Waals surface area contributed by atoms with E-state index in [1.807, 2.05) is 12.1 Å². The Hall–Kier alpha value is -0.400. The van der Waals surface area contributed by atoms with Crippen LogP contribution in [0.5, 0.6) is 5.75 Å². The van der Waals surface area contributed by atoms with E-state index in [1.165, 1.54) is 12.0 Å². The maximum absolute atomic E-state index is 6.10. The van der Waals surface area contributed by atoms with Crippen LogP contribution in [-0.4, -0.2) is 12.5 Å². The van der Waals surface area contributed by atoms with Crippen LogP contribution in [0.4, 0.5) is 0 Å². The van der Waals surface area contributed by atoms with E-state index in [0.717, 1.165) is 18.6 Å². The highest BCUT2D eigenvalue weighted by Gasteiger charge is 2.24. The fourth-order valence-corrected chi connectivity index (χ4v) is 2.70. The molecule has 0 aliphatic heterocycles. The van der Waals surface area contributed by atoms with Crippen LogP contribution in [0.3, 0.4) is 0 Å². The highest BCUT2D eigenvalue weighted by molar-refractivity contribution is 6.32. The lowest BCUT2D eigenvalue weighted by Crippen LogP contribution is -1.95. The number of rotatable bonds is 2. The monoisotopic (exact) mass is 244 g/mol. The summed E-state index contributed by atoms with van der Waals surface area (Å²) in [5.41, 5.74) is 1.29. The highest BCUT2D eigenvalue weighted by atomic mass is 35.5. The molecule has 0 amide bonds. The number of methoxy groups -OCH3 is 1. The molecule has 15 heavy (non-hydrogen) atoms. The third-order valence-electron chi connectivity index (χ3n) is 3.02. The lowest BCUT2D eigenvalue weighted by atomic mass is 9.98. The summed E-state index contributed by atoms with van der Waals surface area (Å²) >= 11 is 12.1. The van der Waals surface area contributed by atoms with Gasteiger partial charge in [-0.3, -0.25) is 0 Å². The van der Waals surface area contributed by atoms with E-state index in [-0.39, 0.29) is 0 Å². The fraction of sp³-hybridized carbons (Fsp3) is 0.500. The van der Waals surface area contributed by atoms with Gasteiger partial charge in [0.1, 0.15) is 5.75 Å². The van der Waals surface area contributed by atoms with Crippen molar-refractivity contribution in [2.75, 3.05) is 7.11 Å². The van der Waals surface area contributed by atoms with E-state index < -0.39 is 0 Å². The lowest BCUT2D eigenvalue weighted by Gasteiger charge is -2.12. The van der Waals surface area contributed by atoms with Crippen LogP contribution in [0.1, 0.15) is 30.7 Å². The molecule has 1 aliphatic carbocycles. The Labute approximate surface area is 100 Å². The van der Waals surface area contributed by atoms with E-state index in [2.05, 4.69) is 6.07 Å². The van der Waals surface area contributed by atoms with Gasteiger partial charge in [0.2, 0.25) is 0 Å². The first-order chi connectivity index (χ1) is 7.20. The Kier molecular flexibility index (Phi) is 3.42. The minimum atomic E-state index is 0.330. The second-order valence-electron chi connectivity index (χ2n) is 4.00. The Morgan fingerprint density at radius 1 is 1.33 bits per heavy atom. The van der Waals surface area contributed by atoms with Crippen molar-refractivity contribution in [3.8, 4) is 5.75 Å². The molecule has 1 saturated carbocycles. The quantitative estimate of drug-likeness (QED) is 0.708. The van der Waals surface area contributed by atoms with Gasteiger partial charge in [-0.25, -0.2) is 0 Å². The fourth-order valence-electron chi connectivity index (χ4n) is 2.16. The number of hydrogen-bond acceptors (Lipinski definition) is 1. The molecule has 1 aromatic carbocycles.